The Morgan fingerprint density at radius 3 is 2.42 bits per heavy atom. The molecule has 1 unspecified atom stereocenters. The second kappa shape index (κ2) is 11.0. The number of rotatable bonds is 10. The molecule has 1 aromatic heterocycles. The minimum absolute atomic E-state index is 0.150. The van der Waals surface area contributed by atoms with Gasteiger partial charge in [0.1, 0.15) is 5.76 Å². The SMILES string of the molecule is COC(=O)CCC(CC(=O)N(Cl)c1ccc(C)cc1)c1noc(C2CC(CC(C)(C)C)C2)c1C1CC1. The number of carbonyl (C=O) groups is 2. The predicted molar refractivity (Wildman–Crippen MR) is 141 cm³/mol. The number of nitrogens with zero attached hydrogens (tertiary/aromatic N) is 2. The van der Waals surface area contributed by atoms with Gasteiger partial charge in [-0.25, -0.2) is 4.42 Å². The predicted octanol–water partition coefficient (Wildman–Crippen LogP) is 7.40. The Balaban J connectivity index is 1.54. The number of aryl methyl sites for hydroxylation is 1. The van der Waals surface area contributed by atoms with Gasteiger partial charge in [0.05, 0.1) is 18.5 Å². The van der Waals surface area contributed by atoms with E-state index in [2.05, 4.69) is 25.9 Å². The van der Waals surface area contributed by atoms with Gasteiger partial charge in [0.2, 0.25) is 5.91 Å². The highest BCUT2D eigenvalue weighted by molar-refractivity contribution is 6.36. The number of benzene rings is 1. The zero-order valence-electron chi connectivity index (χ0n) is 22.2. The van der Waals surface area contributed by atoms with E-state index >= 15 is 0 Å². The van der Waals surface area contributed by atoms with Crippen LogP contribution in [0.25, 0.3) is 0 Å². The van der Waals surface area contributed by atoms with Crippen LogP contribution in [-0.4, -0.2) is 24.1 Å². The van der Waals surface area contributed by atoms with Gasteiger partial charge < -0.3 is 9.26 Å². The average molecular weight is 515 g/mol. The van der Waals surface area contributed by atoms with Crippen molar-refractivity contribution >= 4 is 29.3 Å². The molecule has 196 valence electrons. The van der Waals surface area contributed by atoms with Crippen molar-refractivity contribution in [3.8, 4) is 0 Å². The van der Waals surface area contributed by atoms with E-state index in [0.717, 1.165) is 42.7 Å². The van der Waals surface area contributed by atoms with Crippen molar-refractivity contribution in [1.82, 2.24) is 5.16 Å². The Morgan fingerprint density at radius 1 is 1.17 bits per heavy atom. The summed E-state index contributed by atoms with van der Waals surface area (Å²) in [5, 5.41) is 4.54. The van der Waals surface area contributed by atoms with Crippen molar-refractivity contribution in [3.05, 3.63) is 46.8 Å². The minimum Gasteiger partial charge on any atom is -0.469 e. The zero-order chi connectivity index (χ0) is 26.0. The lowest BCUT2D eigenvalue weighted by molar-refractivity contribution is -0.141. The summed E-state index contributed by atoms with van der Waals surface area (Å²) in [5.41, 5.74) is 4.07. The molecule has 36 heavy (non-hydrogen) atoms. The number of carbonyl (C=O) groups excluding carboxylic acids is 2. The van der Waals surface area contributed by atoms with E-state index in [1.807, 2.05) is 31.2 Å². The molecule has 1 heterocycles. The first-order valence-electron chi connectivity index (χ1n) is 13.2. The van der Waals surface area contributed by atoms with Crippen LogP contribution in [0, 0.1) is 18.3 Å². The number of anilines is 1. The molecule has 0 radical (unpaired) electrons. The van der Waals surface area contributed by atoms with Crippen molar-refractivity contribution in [2.75, 3.05) is 11.5 Å². The summed E-state index contributed by atoms with van der Waals surface area (Å²) in [6.07, 6.45) is 6.51. The van der Waals surface area contributed by atoms with Crippen LogP contribution in [-0.2, 0) is 14.3 Å². The number of hydrogen-bond donors (Lipinski definition) is 0. The molecule has 1 atom stereocenters. The van der Waals surface area contributed by atoms with E-state index in [1.165, 1.54) is 23.5 Å². The van der Waals surface area contributed by atoms with Crippen LogP contribution in [0.4, 0.5) is 5.69 Å². The number of ether oxygens (including phenoxy) is 1. The number of methoxy groups -OCH3 is 1. The van der Waals surface area contributed by atoms with Crippen LogP contribution in [0.5, 0.6) is 0 Å². The summed E-state index contributed by atoms with van der Waals surface area (Å²) >= 11 is 6.45. The van der Waals surface area contributed by atoms with Crippen LogP contribution in [0.1, 0.15) is 112 Å². The molecule has 0 N–H and O–H groups in total. The number of aromatic nitrogens is 1. The van der Waals surface area contributed by atoms with Gasteiger partial charge in [-0.2, -0.15) is 0 Å². The fourth-order valence-corrected chi connectivity index (χ4v) is 5.70. The third kappa shape index (κ3) is 6.50. The van der Waals surface area contributed by atoms with E-state index in [0.29, 0.717) is 35.3 Å². The molecular formula is C29H39ClN2O4. The van der Waals surface area contributed by atoms with Gasteiger partial charge in [-0.3, -0.25) is 9.59 Å². The topological polar surface area (TPSA) is 72.6 Å². The van der Waals surface area contributed by atoms with Crippen LogP contribution in [0.15, 0.2) is 28.8 Å². The van der Waals surface area contributed by atoms with Crippen molar-refractivity contribution < 1.29 is 18.8 Å². The number of esters is 1. The number of halogens is 1. The van der Waals surface area contributed by atoms with Gasteiger partial charge in [-0.05, 0) is 74.8 Å². The number of hydrogen-bond acceptors (Lipinski definition) is 5. The van der Waals surface area contributed by atoms with Gasteiger partial charge in [-0.15, -0.1) is 0 Å². The average Bonchev–Trinajstić information content (AvgIpc) is 3.56. The maximum atomic E-state index is 13.2. The first-order chi connectivity index (χ1) is 17.1. The lowest BCUT2D eigenvalue weighted by atomic mass is 9.66. The molecule has 2 aliphatic carbocycles. The highest BCUT2D eigenvalue weighted by Crippen LogP contribution is 2.53. The molecule has 2 aliphatic rings. The molecule has 2 aromatic rings. The van der Waals surface area contributed by atoms with E-state index in [4.69, 9.17) is 21.0 Å². The van der Waals surface area contributed by atoms with Crippen LogP contribution in [0.3, 0.4) is 0 Å². The van der Waals surface area contributed by atoms with E-state index in [-0.39, 0.29) is 30.6 Å². The third-order valence-electron chi connectivity index (χ3n) is 7.49. The second-order valence-electron chi connectivity index (χ2n) is 11.9. The van der Waals surface area contributed by atoms with Crippen LogP contribution >= 0.6 is 11.8 Å². The summed E-state index contributed by atoms with van der Waals surface area (Å²) in [5.74, 6) is 1.76. The molecular weight excluding hydrogens is 476 g/mol. The molecule has 7 heteroatoms. The summed E-state index contributed by atoms with van der Waals surface area (Å²) in [6, 6.07) is 7.51. The normalized spacial score (nSPS) is 20.5. The molecule has 0 bridgehead atoms. The van der Waals surface area contributed by atoms with Gasteiger partial charge in [0.25, 0.3) is 0 Å². The first kappa shape index (κ1) is 26.7. The van der Waals surface area contributed by atoms with Crippen molar-refractivity contribution in [3.63, 3.8) is 0 Å². The summed E-state index contributed by atoms with van der Waals surface area (Å²) in [4.78, 5) is 25.2. The maximum absolute atomic E-state index is 13.2. The molecule has 2 fully saturated rings. The lowest BCUT2D eigenvalue weighted by Crippen LogP contribution is -2.26. The van der Waals surface area contributed by atoms with Gasteiger partial charge >= 0.3 is 5.97 Å². The van der Waals surface area contributed by atoms with E-state index < -0.39 is 0 Å². The summed E-state index contributed by atoms with van der Waals surface area (Å²) in [6.45, 7) is 8.87. The van der Waals surface area contributed by atoms with Crippen molar-refractivity contribution in [2.24, 2.45) is 11.3 Å². The Labute approximate surface area is 219 Å². The summed E-state index contributed by atoms with van der Waals surface area (Å²) in [7, 11) is 1.38. The van der Waals surface area contributed by atoms with Gasteiger partial charge in [0, 0.05) is 42.0 Å². The summed E-state index contributed by atoms with van der Waals surface area (Å²) < 4.78 is 12.1. The Hall–Kier alpha value is -2.34. The van der Waals surface area contributed by atoms with E-state index in [9.17, 15) is 9.59 Å². The Kier molecular flexibility index (Phi) is 8.13. The molecule has 0 saturated heterocycles. The molecule has 2 saturated carbocycles. The molecule has 0 aliphatic heterocycles. The van der Waals surface area contributed by atoms with Crippen LogP contribution < -0.4 is 4.42 Å². The highest BCUT2D eigenvalue weighted by atomic mass is 35.5. The smallest absolute Gasteiger partial charge is 0.305 e. The first-order valence-corrected chi connectivity index (χ1v) is 13.5. The molecule has 1 aromatic carbocycles. The fourth-order valence-electron chi connectivity index (χ4n) is 5.52. The largest absolute Gasteiger partial charge is 0.469 e. The molecule has 4 rings (SSSR count). The minimum atomic E-state index is -0.297. The monoisotopic (exact) mass is 514 g/mol. The quantitative estimate of drug-likeness (QED) is 0.244. The second-order valence-corrected chi connectivity index (χ2v) is 12.3. The highest BCUT2D eigenvalue weighted by Gasteiger charge is 2.42. The maximum Gasteiger partial charge on any atom is 0.305 e. The Morgan fingerprint density at radius 2 is 1.83 bits per heavy atom. The van der Waals surface area contributed by atoms with Crippen LogP contribution in [0.2, 0.25) is 0 Å². The van der Waals surface area contributed by atoms with Crippen molar-refractivity contribution in [1.29, 1.82) is 0 Å². The fraction of sp³-hybridized carbons (Fsp3) is 0.621. The number of amides is 1. The standard InChI is InChI=1S/C29H39ClN2O4/c1-18-6-11-23(12-7-18)32(30)24(33)16-21(10-13-25(34)35-5)27-26(20-8-9-20)28(36-31-27)22-14-19(15-22)17-29(2,3)4/h6-7,11-12,19-22H,8-10,13-17H2,1-5H3. The molecule has 6 nitrogen and oxygen atoms in total. The lowest BCUT2D eigenvalue weighted by Gasteiger charge is -2.38. The Bertz CT molecular complexity index is 1060. The van der Waals surface area contributed by atoms with E-state index in [1.54, 1.807) is 0 Å². The third-order valence-corrected chi connectivity index (χ3v) is 7.87. The van der Waals surface area contributed by atoms with Crippen molar-refractivity contribution in [2.45, 2.75) is 96.8 Å². The zero-order valence-corrected chi connectivity index (χ0v) is 22.9. The van der Waals surface area contributed by atoms with Gasteiger partial charge in [0.15, 0.2) is 0 Å². The molecule has 1 amide bonds. The van der Waals surface area contributed by atoms with Gasteiger partial charge in [-0.1, -0.05) is 43.6 Å². The molecule has 0 spiro atoms.